The first-order valence-corrected chi connectivity index (χ1v) is 8.27. The Bertz CT molecular complexity index is 991. The first kappa shape index (κ1) is 16.0. The van der Waals surface area contributed by atoms with Gasteiger partial charge in [-0.2, -0.15) is 0 Å². The van der Waals surface area contributed by atoms with Crippen LogP contribution in [-0.4, -0.2) is 32.3 Å². The van der Waals surface area contributed by atoms with Crippen molar-refractivity contribution in [2.75, 3.05) is 5.43 Å². The topological polar surface area (TPSA) is 84.3 Å². The van der Waals surface area contributed by atoms with E-state index in [0.717, 1.165) is 16.6 Å². The second-order valence-corrected chi connectivity index (χ2v) is 6.11. The van der Waals surface area contributed by atoms with E-state index in [1.807, 2.05) is 24.3 Å². The third kappa shape index (κ3) is 2.95. The number of hydrogen-bond acceptors (Lipinski definition) is 4. The number of aromatic nitrogens is 2. The Morgan fingerprint density at radius 2 is 1.69 bits per heavy atom. The predicted octanol–water partition coefficient (Wildman–Crippen LogP) is 2.07. The van der Waals surface area contributed by atoms with Crippen molar-refractivity contribution in [1.29, 1.82) is 0 Å². The number of nitrogens with zero attached hydrogens (tertiary/aromatic N) is 3. The van der Waals surface area contributed by atoms with E-state index >= 15 is 0 Å². The van der Waals surface area contributed by atoms with Gasteiger partial charge in [0.25, 0.3) is 5.91 Å². The van der Waals surface area contributed by atoms with Crippen LogP contribution in [0.4, 0.5) is 0 Å². The highest BCUT2D eigenvalue weighted by atomic mass is 16.2. The van der Waals surface area contributed by atoms with Crippen LogP contribution in [0.3, 0.4) is 0 Å². The molecule has 2 heterocycles. The second-order valence-electron chi connectivity index (χ2n) is 6.11. The summed E-state index contributed by atoms with van der Waals surface area (Å²) in [6, 6.07) is 14.4. The molecule has 0 saturated carbocycles. The van der Waals surface area contributed by atoms with Crippen molar-refractivity contribution in [3.8, 4) is 0 Å². The molecule has 1 saturated heterocycles. The van der Waals surface area contributed by atoms with Gasteiger partial charge in [-0.3, -0.25) is 24.7 Å². The number of carbonyl (C=O) groups excluding carboxylic acids is 3. The second kappa shape index (κ2) is 6.44. The molecular formula is C19H16N4O3. The third-order valence-electron chi connectivity index (χ3n) is 4.39. The Kier molecular flexibility index (Phi) is 3.96. The number of carbonyl (C=O) groups is 3. The van der Waals surface area contributed by atoms with E-state index in [2.05, 4.69) is 10.4 Å². The zero-order valence-corrected chi connectivity index (χ0v) is 13.9. The first-order chi connectivity index (χ1) is 12.6. The summed E-state index contributed by atoms with van der Waals surface area (Å²) >= 11 is 0. The average molecular weight is 348 g/mol. The summed E-state index contributed by atoms with van der Waals surface area (Å²) in [4.78, 5) is 41.3. The molecule has 1 aliphatic rings. The molecule has 1 fully saturated rings. The molecule has 0 bridgehead atoms. The summed E-state index contributed by atoms with van der Waals surface area (Å²) in [5.41, 5.74) is 5.67. The number of imidazole rings is 1. The highest BCUT2D eigenvalue weighted by molar-refractivity contribution is 6.02. The minimum Gasteiger partial charge on any atom is -0.278 e. The van der Waals surface area contributed by atoms with Crippen molar-refractivity contribution in [1.82, 2.24) is 14.6 Å². The standard InChI is InChI=1S/C19H16N4O3/c24-17-9-10-18(25)22(17)11-13-5-7-14(8-6-13)19(26)21-23-12-20-15-3-1-2-4-16(15)23/h1-8,12H,9-11H2,(H,21,26). The molecule has 0 atom stereocenters. The fourth-order valence-electron chi connectivity index (χ4n) is 2.97. The number of imide groups is 1. The van der Waals surface area contributed by atoms with Gasteiger partial charge in [0, 0.05) is 18.4 Å². The minimum atomic E-state index is -0.270. The van der Waals surface area contributed by atoms with Crippen LogP contribution in [0.25, 0.3) is 11.0 Å². The number of para-hydroxylation sites is 2. The molecule has 3 amide bonds. The van der Waals surface area contributed by atoms with Crippen LogP contribution in [0.2, 0.25) is 0 Å². The number of rotatable bonds is 4. The van der Waals surface area contributed by atoms with E-state index in [-0.39, 0.29) is 37.1 Å². The molecular weight excluding hydrogens is 332 g/mol. The van der Waals surface area contributed by atoms with Crippen molar-refractivity contribution < 1.29 is 14.4 Å². The molecule has 0 spiro atoms. The smallest absolute Gasteiger partial charge is 0.270 e. The van der Waals surface area contributed by atoms with E-state index in [9.17, 15) is 14.4 Å². The summed E-state index contributed by atoms with van der Waals surface area (Å²) in [6.45, 7) is 0.242. The molecule has 3 aromatic rings. The molecule has 7 nitrogen and oxygen atoms in total. The fourth-order valence-corrected chi connectivity index (χ4v) is 2.97. The summed E-state index contributed by atoms with van der Waals surface area (Å²) in [5.74, 6) is -0.569. The number of amides is 3. The molecule has 0 unspecified atom stereocenters. The Labute approximate surface area is 149 Å². The molecule has 1 aliphatic heterocycles. The Morgan fingerprint density at radius 3 is 2.42 bits per heavy atom. The lowest BCUT2D eigenvalue weighted by atomic mass is 10.1. The predicted molar refractivity (Wildman–Crippen MR) is 94.7 cm³/mol. The number of benzene rings is 2. The summed E-state index contributed by atoms with van der Waals surface area (Å²) in [7, 11) is 0. The van der Waals surface area contributed by atoms with Gasteiger partial charge in [-0.15, -0.1) is 0 Å². The molecule has 130 valence electrons. The van der Waals surface area contributed by atoms with E-state index < -0.39 is 0 Å². The highest BCUT2D eigenvalue weighted by Crippen LogP contribution is 2.16. The lowest BCUT2D eigenvalue weighted by molar-refractivity contribution is -0.139. The molecule has 4 rings (SSSR count). The Morgan fingerprint density at radius 1 is 1.00 bits per heavy atom. The van der Waals surface area contributed by atoms with Gasteiger partial charge in [0.05, 0.1) is 17.6 Å². The van der Waals surface area contributed by atoms with E-state index in [0.29, 0.717) is 5.56 Å². The molecule has 0 radical (unpaired) electrons. The first-order valence-electron chi connectivity index (χ1n) is 8.27. The Balaban J connectivity index is 1.47. The maximum Gasteiger partial charge on any atom is 0.270 e. The van der Waals surface area contributed by atoms with Crippen molar-refractivity contribution >= 4 is 28.8 Å². The van der Waals surface area contributed by atoms with E-state index in [1.165, 1.54) is 4.90 Å². The van der Waals surface area contributed by atoms with Gasteiger partial charge in [0.15, 0.2) is 0 Å². The maximum absolute atomic E-state index is 12.4. The van der Waals surface area contributed by atoms with Gasteiger partial charge < -0.3 is 0 Å². The Hall–Kier alpha value is -3.48. The third-order valence-corrected chi connectivity index (χ3v) is 4.39. The summed E-state index contributed by atoms with van der Waals surface area (Å²) in [6.07, 6.45) is 2.11. The van der Waals surface area contributed by atoms with Crippen molar-refractivity contribution in [3.63, 3.8) is 0 Å². The zero-order valence-electron chi connectivity index (χ0n) is 13.9. The van der Waals surface area contributed by atoms with Crippen LogP contribution in [0, 0.1) is 0 Å². The van der Waals surface area contributed by atoms with Crippen molar-refractivity contribution in [3.05, 3.63) is 66.0 Å². The molecule has 26 heavy (non-hydrogen) atoms. The number of nitrogens with one attached hydrogen (secondary N) is 1. The number of likely N-dealkylation sites (tertiary alicyclic amines) is 1. The van der Waals surface area contributed by atoms with Gasteiger partial charge in [-0.25, -0.2) is 9.66 Å². The summed E-state index contributed by atoms with van der Waals surface area (Å²) < 4.78 is 1.58. The lowest BCUT2D eigenvalue weighted by Gasteiger charge is -2.14. The van der Waals surface area contributed by atoms with Gasteiger partial charge >= 0.3 is 0 Å². The van der Waals surface area contributed by atoms with E-state index in [1.54, 1.807) is 35.3 Å². The van der Waals surface area contributed by atoms with Crippen LogP contribution in [0.1, 0.15) is 28.8 Å². The van der Waals surface area contributed by atoms with Gasteiger partial charge in [0.1, 0.15) is 6.33 Å². The molecule has 2 aromatic carbocycles. The highest BCUT2D eigenvalue weighted by Gasteiger charge is 2.28. The summed E-state index contributed by atoms with van der Waals surface area (Å²) in [5, 5.41) is 0. The average Bonchev–Trinajstić information content (AvgIpc) is 3.21. The molecule has 0 aliphatic carbocycles. The molecule has 1 aromatic heterocycles. The van der Waals surface area contributed by atoms with Gasteiger partial charge in [-0.05, 0) is 29.8 Å². The van der Waals surface area contributed by atoms with Crippen LogP contribution >= 0.6 is 0 Å². The quantitative estimate of drug-likeness (QED) is 0.732. The van der Waals surface area contributed by atoms with E-state index in [4.69, 9.17) is 0 Å². The van der Waals surface area contributed by atoms with Gasteiger partial charge in [-0.1, -0.05) is 24.3 Å². The largest absolute Gasteiger partial charge is 0.278 e. The van der Waals surface area contributed by atoms with Crippen LogP contribution in [-0.2, 0) is 16.1 Å². The monoisotopic (exact) mass is 348 g/mol. The van der Waals surface area contributed by atoms with Crippen LogP contribution in [0.15, 0.2) is 54.9 Å². The van der Waals surface area contributed by atoms with Crippen molar-refractivity contribution in [2.45, 2.75) is 19.4 Å². The number of hydrogen-bond donors (Lipinski definition) is 1. The van der Waals surface area contributed by atoms with Crippen molar-refractivity contribution in [2.24, 2.45) is 0 Å². The lowest BCUT2D eigenvalue weighted by Crippen LogP contribution is -2.28. The van der Waals surface area contributed by atoms with Crippen LogP contribution < -0.4 is 5.43 Å². The van der Waals surface area contributed by atoms with Gasteiger partial charge in [0.2, 0.25) is 11.8 Å². The number of fused-ring (bicyclic) bond motifs is 1. The molecule has 7 heteroatoms. The fraction of sp³-hybridized carbons (Fsp3) is 0.158. The minimum absolute atomic E-state index is 0.149. The zero-order chi connectivity index (χ0) is 18.1. The SMILES string of the molecule is O=C(Nn1cnc2ccccc21)c1ccc(CN2C(=O)CCC2=O)cc1. The van der Waals surface area contributed by atoms with Crippen LogP contribution in [0.5, 0.6) is 0 Å². The maximum atomic E-state index is 12.4. The normalized spacial score (nSPS) is 14.2. The molecule has 1 N–H and O–H groups in total.